The van der Waals surface area contributed by atoms with E-state index in [1.54, 1.807) is 0 Å². The van der Waals surface area contributed by atoms with Crippen LogP contribution < -0.4 is 5.73 Å². The third kappa shape index (κ3) is 1.17. The second-order valence-corrected chi connectivity index (χ2v) is 4.58. The van der Waals surface area contributed by atoms with Crippen LogP contribution in [0.2, 0.25) is 0 Å². The van der Waals surface area contributed by atoms with Gasteiger partial charge in [0.05, 0.1) is 11.7 Å². The molecule has 0 heterocycles. The van der Waals surface area contributed by atoms with Gasteiger partial charge in [0.2, 0.25) is 0 Å². The summed E-state index contributed by atoms with van der Waals surface area (Å²) in [7, 11) is 0. The maximum atomic E-state index is 5.98. The van der Waals surface area contributed by atoms with Crippen LogP contribution in [0.4, 0.5) is 0 Å². The molecule has 2 nitrogen and oxygen atoms in total. The molecule has 0 radical (unpaired) electrons. The van der Waals surface area contributed by atoms with Gasteiger partial charge < -0.3 is 10.5 Å². The van der Waals surface area contributed by atoms with E-state index < -0.39 is 0 Å². The quantitative estimate of drug-likeness (QED) is 0.695. The molecule has 2 heteroatoms. The highest BCUT2D eigenvalue weighted by Gasteiger charge is 2.58. The fraction of sp³-hybridized carbons (Fsp3) is 1.00. The number of rotatable bonds is 3. The highest BCUT2D eigenvalue weighted by Crippen LogP contribution is 2.58. The molecule has 0 aliphatic heterocycles. The second kappa shape index (κ2) is 2.71. The van der Waals surface area contributed by atoms with E-state index in [-0.39, 0.29) is 5.60 Å². The SMILES string of the molecule is CC(C)OC1(CN)CC[C@H]2C[C@H]21. The van der Waals surface area contributed by atoms with Gasteiger partial charge in [-0.05, 0) is 44.9 Å². The van der Waals surface area contributed by atoms with E-state index in [9.17, 15) is 0 Å². The highest BCUT2D eigenvalue weighted by molar-refractivity contribution is 5.09. The molecule has 2 fully saturated rings. The largest absolute Gasteiger partial charge is 0.371 e. The van der Waals surface area contributed by atoms with Crippen molar-refractivity contribution in [3.8, 4) is 0 Å². The first kappa shape index (κ1) is 8.52. The summed E-state index contributed by atoms with van der Waals surface area (Å²) in [4.78, 5) is 0. The Balaban J connectivity index is 2.03. The van der Waals surface area contributed by atoms with Gasteiger partial charge in [0.25, 0.3) is 0 Å². The van der Waals surface area contributed by atoms with Crippen molar-refractivity contribution in [3.05, 3.63) is 0 Å². The molecular weight excluding hydrogens is 150 g/mol. The Morgan fingerprint density at radius 2 is 2.33 bits per heavy atom. The summed E-state index contributed by atoms with van der Waals surface area (Å²) in [5, 5.41) is 0. The van der Waals surface area contributed by atoms with Gasteiger partial charge in [-0.2, -0.15) is 0 Å². The van der Waals surface area contributed by atoms with Gasteiger partial charge in [-0.1, -0.05) is 0 Å². The van der Waals surface area contributed by atoms with Gasteiger partial charge in [-0.3, -0.25) is 0 Å². The van der Waals surface area contributed by atoms with E-state index in [4.69, 9.17) is 10.5 Å². The lowest BCUT2D eigenvalue weighted by Gasteiger charge is -2.32. The fourth-order valence-electron chi connectivity index (χ4n) is 2.74. The average Bonchev–Trinajstić information content (AvgIpc) is 2.72. The lowest BCUT2D eigenvalue weighted by Crippen LogP contribution is -2.43. The minimum absolute atomic E-state index is 0.0683. The van der Waals surface area contributed by atoms with Crippen LogP contribution in [-0.2, 0) is 4.74 Å². The van der Waals surface area contributed by atoms with E-state index in [2.05, 4.69) is 13.8 Å². The molecule has 0 saturated heterocycles. The maximum Gasteiger partial charge on any atom is 0.0838 e. The molecule has 2 N–H and O–H groups in total. The number of fused-ring (bicyclic) bond motifs is 1. The second-order valence-electron chi connectivity index (χ2n) is 4.58. The van der Waals surface area contributed by atoms with Gasteiger partial charge in [-0.25, -0.2) is 0 Å². The summed E-state index contributed by atoms with van der Waals surface area (Å²) in [6.07, 6.45) is 4.23. The van der Waals surface area contributed by atoms with Crippen LogP contribution in [0.25, 0.3) is 0 Å². The van der Waals surface area contributed by atoms with Gasteiger partial charge >= 0.3 is 0 Å². The zero-order valence-electron chi connectivity index (χ0n) is 8.05. The summed E-state index contributed by atoms with van der Waals surface area (Å²) in [5.74, 6) is 1.75. The predicted octanol–water partition coefficient (Wildman–Crippen LogP) is 1.54. The maximum absolute atomic E-state index is 5.98. The van der Waals surface area contributed by atoms with Gasteiger partial charge in [-0.15, -0.1) is 0 Å². The van der Waals surface area contributed by atoms with Gasteiger partial charge in [0, 0.05) is 6.54 Å². The Morgan fingerprint density at radius 1 is 1.58 bits per heavy atom. The predicted molar refractivity (Wildman–Crippen MR) is 48.8 cm³/mol. The van der Waals surface area contributed by atoms with E-state index in [0.717, 1.165) is 11.8 Å². The molecule has 12 heavy (non-hydrogen) atoms. The Hall–Kier alpha value is -0.0800. The first-order valence-electron chi connectivity index (χ1n) is 5.06. The smallest absolute Gasteiger partial charge is 0.0838 e. The molecule has 2 rings (SSSR count). The number of hydrogen-bond donors (Lipinski definition) is 1. The van der Waals surface area contributed by atoms with Crippen LogP contribution in [-0.4, -0.2) is 18.2 Å². The van der Waals surface area contributed by atoms with Gasteiger partial charge in [0.15, 0.2) is 0 Å². The van der Waals surface area contributed by atoms with E-state index in [0.29, 0.717) is 12.6 Å². The fourth-order valence-corrected chi connectivity index (χ4v) is 2.74. The molecule has 2 aliphatic carbocycles. The Morgan fingerprint density at radius 3 is 2.67 bits per heavy atom. The first-order valence-corrected chi connectivity index (χ1v) is 5.06. The van der Waals surface area contributed by atoms with E-state index >= 15 is 0 Å². The van der Waals surface area contributed by atoms with Crippen molar-refractivity contribution in [2.24, 2.45) is 17.6 Å². The summed E-state index contributed by atoms with van der Waals surface area (Å²) in [6.45, 7) is 4.92. The van der Waals surface area contributed by atoms with Crippen LogP contribution >= 0.6 is 0 Å². The Labute approximate surface area is 74.5 Å². The summed E-state index contributed by atoms with van der Waals surface area (Å²) < 4.78 is 5.98. The van der Waals surface area contributed by atoms with Crippen molar-refractivity contribution in [1.82, 2.24) is 0 Å². The van der Waals surface area contributed by atoms with Crippen LogP contribution in [0.5, 0.6) is 0 Å². The van der Waals surface area contributed by atoms with E-state index in [1.807, 2.05) is 0 Å². The first-order chi connectivity index (χ1) is 5.68. The number of nitrogens with two attached hydrogens (primary N) is 1. The molecule has 2 saturated carbocycles. The normalized spacial score (nSPS) is 45.0. The van der Waals surface area contributed by atoms with E-state index in [1.165, 1.54) is 19.3 Å². The average molecular weight is 169 g/mol. The molecule has 0 aromatic carbocycles. The van der Waals surface area contributed by atoms with Crippen molar-refractivity contribution in [1.29, 1.82) is 0 Å². The molecule has 0 aromatic heterocycles. The minimum atomic E-state index is 0.0683. The van der Waals surface area contributed by atoms with Crippen molar-refractivity contribution >= 4 is 0 Å². The van der Waals surface area contributed by atoms with Crippen LogP contribution in [0, 0.1) is 11.8 Å². The van der Waals surface area contributed by atoms with Gasteiger partial charge in [0.1, 0.15) is 0 Å². The molecule has 0 spiro atoms. The molecule has 1 unspecified atom stereocenters. The molecule has 70 valence electrons. The topological polar surface area (TPSA) is 35.2 Å². The molecule has 2 aliphatic rings. The van der Waals surface area contributed by atoms with Crippen LogP contribution in [0.3, 0.4) is 0 Å². The highest BCUT2D eigenvalue weighted by atomic mass is 16.5. The monoisotopic (exact) mass is 169 g/mol. The summed E-state index contributed by atoms with van der Waals surface area (Å²) in [6, 6.07) is 0. The number of hydrogen-bond acceptors (Lipinski definition) is 2. The van der Waals surface area contributed by atoms with Crippen molar-refractivity contribution < 1.29 is 4.74 Å². The third-order valence-electron chi connectivity index (χ3n) is 3.35. The number of ether oxygens (including phenoxy) is 1. The van der Waals surface area contributed by atoms with Crippen molar-refractivity contribution in [2.75, 3.05) is 6.54 Å². The summed E-state index contributed by atoms with van der Waals surface area (Å²) in [5.41, 5.74) is 5.88. The Bertz CT molecular complexity index is 181. The molecule has 3 atom stereocenters. The van der Waals surface area contributed by atoms with Crippen LogP contribution in [0.15, 0.2) is 0 Å². The standard InChI is InChI=1S/C10H19NO/c1-7(2)12-10(6-11)4-3-8-5-9(8)10/h7-9H,3-6,11H2,1-2H3/t8-,9+,10?/m0/s1. The lowest BCUT2D eigenvalue weighted by molar-refractivity contribution is -0.0837. The van der Waals surface area contributed by atoms with Crippen LogP contribution in [0.1, 0.15) is 33.1 Å². The lowest BCUT2D eigenvalue weighted by atomic mass is 9.97. The minimum Gasteiger partial charge on any atom is -0.371 e. The zero-order valence-corrected chi connectivity index (χ0v) is 8.05. The Kier molecular flexibility index (Phi) is 1.92. The molecular formula is C10H19NO. The third-order valence-corrected chi connectivity index (χ3v) is 3.35. The van der Waals surface area contributed by atoms with Crippen molar-refractivity contribution in [2.45, 2.75) is 44.8 Å². The summed E-state index contributed by atoms with van der Waals surface area (Å²) >= 11 is 0. The molecule has 0 bridgehead atoms. The molecule has 0 aromatic rings. The zero-order chi connectivity index (χ0) is 8.77. The molecule has 0 amide bonds. The van der Waals surface area contributed by atoms with Crippen molar-refractivity contribution in [3.63, 3.8) is 0 Å².